The Bertz CT molecular complexity index is 1440. The highest BCUT2D eigenvalue weighted by atomic mass is 35.5. The van der Waals surface area contributed by atoms with Gasteiger partial charge in [0.1, 0.15) is 5.75 Å². The van der Waals surface area contributed by atoms with Gasteiger partial charge in [0.05, 0.1) is 23.6 Å². The van der Waals surface area contributed by atoms with Crippen molar-refractivity contribution in [1.82, 2.24) is 4.72 Å². The number of carbonyl (C=O) groups is 1. The number of fused-ring (bicyclic) bond motifs is 4. The lowest BCUT2D eigenvalue weighted by Gasteiger charge is -2.45. The topological polar surface area (TPSA) is 95.9 Å². The van der Waals surface area contributed by atoms with Crippen molar-refractivity contribution in [3.63, 3.8) is 0 Å². The first-order valence-corrected chi connectivity index (χ1v) is 16.3. The third kappa shape index (κ3) is 5.14. The van der Waals surface area contributed by atoms with Gasteiger partial charge in [0.2, 0.25) is 10.0 Å². The number of sulfonamides is 1. The second kappa shape index (κ2) is 10.7. The average molecular weight is 585 g/mol. The molecule has 1 saturated carbocycles. The van der Waals surface area contributed by atoms with Crippen molar-refractivity contribution in [3.05, 3.63) is 70.3 Å². The number of amides is 1. The fourth-order valence-electron chi connectivity index (χ4n) is 6.98. The summed E-state index contributed by atoms with van der Waals surface area (Å²) in [4.78, 5) is 15.5. The van der Waals surface area contributed by atoms with E-state index >= 15 is 0 Å². The number of rotatable bonds is 0. The fraction of sp³-hybridized carbons (Fsp3) is 0.516. The van der Waals surface area contributed by atoms with Crippen LogP contribution in [0.4, 0.5) is 5.69 Å². The van der Waals surface area contributed by atoms with Gasteiger partial charge < -0.3 is 14.7 Å². The lowest BCUT2D eigenvalue weighted by Crippen LogP contribution is -2.49. The molecule has 9 heteroatoms. The van der Waals surface area contributed by atoms with Crippen LogP contribution in [0.2, 0.25) is 5.02 Å². The number of allylic oxidation sites excluding steroid dienone is 1. The molecule has 40 heavy (non-hydrogen) atoms. The molecular formula is C31H37ClN2O5S. The lowest BCUT2D eigenvalue weighted by atomic mass is 9.68. The summed E-state index contributed by atoms with van der Waals surface area (Å²) in [6.07, 6.45) is 8.93. The van der Waals surface area contributed by atoms with Crippen LogP contribution in [-0.2, 0) is 21.9 Å². The third-order valence-electron chi connectivity index (χ3n) is 9.50. The molecule has 5 atom stereocenters. The van der Waals surface area contributed by atoms with Crippen LogP contribution in [0.1, 0.15) is 66.9 Å². The number of aliphatic hydroxyl groups excluding tert-OH is 1. The zero-order valence-electron chi connectivity index (χ0n) is 22.8. The third-order valence-corrected chi connectivity index (χ3v) is 11.5. The molecule has 2 aromatic rings. The van der Waals surface area contributed by atoms with Gasteiger partial charge in [0.15, 0.2) is 0 Å². The Hall–Kier alpha value is -2.55. The fourth-order valence-corrected chi connectivity index (χ4v) is 8.12. The molecule has 1 spiro atoms. The molecule has 1 amide bonds. The molecule has 6 rings (SSSR count). The normalized spacial score (nSPS) is 32.5. The second-order valence-electron chi connectivity index (χ2n) is 12.1. The zero-order chi connectivity index (χ0) is 28.1. The molecule has 214 valence electrons. The molecule has 0 saturated heterocycles. The monoisotopic (exact) mass is 584 g/mol. The SMILES string of the molecule is C[C@H]1C/C=C/C[C@@H](O)[C@@H]2CC[C@H]2CN2C[C@@]3(CCCc4cc(Cl)ccc43)COc3ccc(cc32)C(=O)NS1(=O)=O. The van der Waals surface area contributed by atoms with Crippen molar-refractivity contribution >= 4 is 33.2 Å². The first kappa shape index (κ1) is 27.6. The number of nitrogens with one attached hydrogen (secondary N) is 1. The summed E-state index contributed by atoms with van der Waals surface area (Å²) in [5.74, 6) is 0.529. The van der Waals surface area contributed by atoms with Crippen molar-refractivity contribution in [3.8, 4) is 5.75 Å². The molecule has 2 heterocycles. The number of aryl methyl sites for hydroxylation is 1. The first-order chi connectivity index (χ1) is 19.1. The van der Waals surface area contributed by atoms with Crippen LogP contribution >= 0.6 is 11.6 Å². The van der Waals surface area contributed by atoms with Crippen LogP contribution in [-0.4, -0.2) is 50.5 Å². The number of hydrogen-bond donors (Lipinski definition) is 2. The highest BCUT2D eigenvalue weighted by molar-refractivity contribution is 7.90. The van der Waals surface area contributed by atoms with Gasteiger partial charge in [-0.25, -0.2) is 13.1 Å². The van der Waals surface area contributed by atoms with Crippen LogP contribution < -0.4 is 14.4 Å². The molecule has 1 fully saturated rings. The predicted octanol–water partition coefficient (Wildman–Crippen LogP) is 5.00. The molecule has 2 aromatic carbocycles. The van der Waals surface area contributed by atoms with E-state index < -0.39 is 27.3 Å². The van der Waals surface area contributed by atoms with Gasteiger partial charge in [-0.2, -0.15) is 0 Å². The summed E-state index contributed by atoms with van der Waals surface area (Å²) in [6, 6.07) is 11.4. The Morgan fingerprint density at radius 1 is 1.12 bits per heavy atom. The van der Waals surface area contributed by atoms with E-state index in [1.165, 1.54) is 11.1 Å². The minimum atomic E-state index is -3.88. The predicted molar refractivity (Wildman–Crippen MR) is 157 cm³/mol. The van der Waals surface area contributed by atoms with Gasteiger partial charge in [-0.05, 0) is 105 Å². The summed E-state index contributed by atoms with van der Waals surface area (Å²) < 4.78 is 34.6. The maximum absolute atomic E-state index is 13.2. The number of halogens is 1. The zero-order valence-corrected chi connectivity index (χ0v) is 24.4. The molecule has 0 radical (unpaired) electrons. The van der Waals surface area contributed by atoms with Crippen LogP contribution in [0.3, 0.4) is 0 Å². The summed E-state index contributed by atoms with van der Waals surface area (Å²) in [5, 5.41) is 11.0. The Labute approximate surface area is 241 Å². The summed E-state index contributed by atoms with van der Waals surface area (Å²) >= 11 is 6.37. The molecule has 0 aromatic heterocycles. The molecular weight excluding hydrogens is 548 g/mol. The number of benzene rings is 2. The summed E-state index contributed by atoms with van der Waals surface area (Å²) in [7, 11) is -3.88. The maximum Gasteiger partial charge on any atom is 0.264 e. The number of anilines is 1. The van der Waals surface area contributed by atoms with E-state index in [0.717, 1.165) is 49.4 Å². The van der Waals surface area contributed by atoms with Crippen molar-refractivity contribution in [2.24, 2.45) is 11.8 Å². The lowest BCUT2D eigenvalue weighted by molar-refractivity contribution is 0.0177. The van der Waals surface area contributed by atoms with E-state index in [-0.39, 0.29) is 23.3 Å². The van der Waals surface area contributed by atoms with E-state index in [1.54, 1.807) is 31.2 Å². The quantitative estimate of drug-likeness (QED) is 0.423. The maximum atomic E-state index is 13.2. The van der Waals surface area contributed by atoms with Crippen LogP contribution in [0.15, 0.2) is 48.6 Å². The van der Waals surface area contributed by atoms with Gasteiger partial charge in [-0.3, -0.25) is 4.79 Å². The van der Waals surface area contributed by atoms with E-state index in [9.17, 15) is 18.3 Å². The van der Waals surface area contributed by atoms with E-state index in [4.69, 9.17) is 16.3 Å². The van der Waals surface area contributed by atoms with Gasteiger partial charge in [0, 0.05) is 29.1 Å². The van der Waals surface area contributed by atoms with Gasteiger partial charge in [-0.15, -0.1) is 0 Å². The van der Waals surface area contributed by atoms with Crippen LogP contribution in [0, 0.1) is 11.8 Å². The van der Waals surface area contributed by atoms with Gasteiger partial charge in [-0.1, -0.05) is 29.8 Å². The summed E-state index contributed by atoms with van der Waals surface area (Å²) in [6.45, 7) is 3.52. The Balaban J connectivity index is 1.42. The highest BCUT2D eigenvalue weighted by Gasteiger charge is 2.44. The van der Waals surface area contributed by atoms with Crippen molar-refractivity contribution in [2.45, 2.75) is 68.6 Å². The molecule has 2 aliphatic heterocycles. The van der Waals surface area contributed by atoms with E-state index in [1.807, 2.05) is 12.1 Å². The molecule has 7 nitrogen and oxygen atoms in total. The van der Waals surface area contributed by atoms with Crippen molar-refractivity contribution < 1.29 is 23.1 Å². The van der Waals surface area contributed by atoms with Crippen molar-refractivity contribution in [2.75, 3.05) is 24.6 Å². The van der Waals surface area contributed by atoms with Crippen LogP contribution in [0.25, 0.3) is 0 Å². The largest absolute Gasteiger partial charge is 0.490 e. The number of aliphatic hydroxyl groups is 1. The van der Waals surface area contributed by atoms with E-state index in [2.05, 4.69) is 21.8 Å². The Morgan fingerprint density at radius 2 is 1.95 bits per heavy atom. The Kier molecular flexibility index (Phi) is 7.38. The molecule has 2 aliphatic carbocycles. The Morgan fingerprint density at radius 3 is 2.75 bits per heavy atom. The summed E-state index contributed by atoms with van der Waals surface area (Å²) in [5.41, 5.74) is 3.34. The van der Waals surface area contributed by atoms with Gasteiger partial charge >= 0.3 is 0 Å². The van der Waals surface area contributed by atoms with Crippen molar-refractivity contribution in [1.29, 1.82) is 0 Å². The standard InChI is InChI=1S/C31H37ClN2O5S/c1-20-5-2-3-7-28(35)25-11-8-23(25)17-34-18-31(14-4-6-21-15-24(32)10-12-26(21)31)19-39-29-13-9-22(16-27(29)34)30(36)33-40(20,37)38/h2-3,9-10,12-13,15-16,20,23,25,28,35H,4-8,11,14,17-19H2,1H3,(H,33,36)/b3-2+/t20-,23-,25+,28+,31-/m0/s1. The van der Waals surface area contributed by atoms with Crippen LogP contribution in [0.5, 0.6) is 5.75 Å². The second-order valence-corrected chi connectivity index (χ2v) is 14.6. The molecule has 2 N–H and O–H groups in total. The number of ether oxygens (including phenoxy) is 1. The minimum absolute atomic E-state index is 0.172. The van der Waals surface area contributed by atoms with Gasteiger partial charge in [0.25, 0.3) is 5.91 Å². The minimum Gasteiger partial charge on any atom is -0.490 e. The molecule has 2 bridgehead atoms. The molecule has 4 aliphatic rings. The van der Waals surface area contributed by atoms with E-state index in [0.29, 0.717) is 31.2 Å². The number of hydrogen-bond acceptors (Lipinski definition) is 6. The smallest absolute Gasteiger partial charge is 0.264 e. The highest BCUT2D eigenvalue weighted by Crippen LogP contribution is 2.46. The number of carbonyl (C=O) groups excluding carboxylic acids is 1. The average Bonchev–Trinajstić information content (AvgIpc) is 3.05. The number of nitrogens with zero attached hydrogens (tertiary/aromatic N) is 1. The first-order valence-electron chi connectivity index (χ1n) is 14.3. The molecule has 0 unspecified atom stereocenters.